The number of nitrogens with one attached hydrogen (secondary N) is 2. The van der Waals surface area contributed by atoms with Crippen molar-refractivity contribution in [2.75, 3.05) is 17.6 Å². The molecule has 1 aromatic heterocycles. The summed E-state index contributed by atoms with van der Waals surface area (Å²) in [6.07, 6.45) is 1.73. The van der Waals surface area contributed by atoms with Gasteiger partial charge in [-0.3, -0.25) is 4.79 Å². The molecule has 0 saturated heterocycles. The predicted octanol–water partition coefficient (Wildman–Crippen LogP) is 2.68. The van der Waals surface area contributed by atoms with Crippen LogP contribution in [-0.4, -0.2) is 28.4 Å². The molecule has 0 bridgehead atoms. The molecule has 0 fully saturated rings. The van der Waals surface area contributed by atoms with Crippen molar-refractivity contribution in [3.8, 4) is 0 Å². The lowest BCUT2D eigenvalue weighted by Gasteiger charge is -2.05. The first-order valence-electron chi connectivity index (χ1n) is 6.50. The Kier molecular flexibility index (Phi) is 6.35. The van der Waals surface area contributed by atoms with E-state index >= 15 is 0 Å². The minimum atomic E-state index is -0.322. The molecule has 0 unspecified atom stereocenters. The van der Waals surface area contributed by atoms with Crippen LogP contribution in [0.1, 0.15) is 5.56 Å². The molecule has 2 N–H and O–H groups in total. The van der Waals surface area contributed by atoms with Crippen molar-refractivity contribution < 1.29 is 9.18 Å². The maximum Gasteiger partial charge on any atom is 0.230 e. The van der Waals surface area contributed by atoms with Gasteiger partial charge in [0, 0.05) is 18.7 Å². The molecule has 8 heteroatoms. The lowest BCUT2D eigenvalue weighted by Crippen LogP contribution is -2.24. The van der Waals surface area contributed by atoms with Gasteiger partial charge in [-0.2, -0.15) is 0 Å². The highest BCUT2D eigenvalue weighted by Crippen LogP contribution is 2.25. The maximum absolute atomic E-state index is 13.4. The van der Waals surface area contributed by atoms with E-state index in [4.69, 9.17) is 0 Å². The van der Waals surface area contributed by atoms with Gasteiger partial charge in [-0.15, -0.1) is 16.8 Å². The minimum absolute atomic E-state index is 0.175. The van der Waals surface area contributed by atoms with Crippen LogP contribution in [0.2, 0.25) is 0 Å². The Morgan fingerprint density at radius 1 is 1.41 bits per heavy atom. The third-order valence-corrected chi connectivity index (χ3v) is 4.58. The first-order chi connectivity index (χ1) is 10.7. The third-order valence-electron chi connectivity index (χ3n) is 2.56. The zero-order valence-electron chi connectivity index (χ0n) is 11.7. The number of hydrogen-bond donors (Lipinski definition) is 2. The molecule has 2 rings (SSSR count). The molecule has 2 aromatic rings. The van der Waals surface area contributed by atoms with Crippen LogP contribution >= 0.6 is 23.1 Å². The van der Waals surface area contributed by atoms with Crippen LogP contribution in [-0.2, 0) is 11.3 Å². The summed E-state index contributed by atoms with van der Waals surface area (Å²) in [5.41, 5.74) is 0.465. The molecular weight excluding hydrogens is 323 g/mol. The number of amides is 1. The van der Waals surface area contributed by atoms with Gasteiger partial charge < -0.3 is 10.6 Å². The second-order valence-corrected chi connectivity index (χ2v) is 6.40. The molecule has 0 aliphatic rings. The monoisotopic (exact) mass is 338 g/mol. The quantitative estimate of drug-likeness (QED) is 0.572. The summed E-state index contributed by atoms with van der Waals surface area (Å²) in [6.45, 7) is 4.39. The highest BCUT2D eigenvalue weighted by atomic mass is 32.2. The van der Waals surface area contributed by atoms with E-state index in [1.54, 1.807) is 24.3 Å². The van der Waals surface area contributed by atoms with E-state index in [0.717, 1.165) is 0 Å². The SMILES string of the molecule is C=CCNc1nnc(SCC(=O)NCc2ccccc2F)s1. The molecule has 22 heavy (non-hydrogen) atoms. The average molecular weight is 338 g/mol. The van der Waals surface area contributed by atoms with Crippen molar-refractivity contribution in [2.24, 2.45) is 0 Å². The smallest absolute Gasteiger partial charge is 0.230 e. The summed E-state index contributed by atoms with van der Waals surface area (Å²) in [4.78, 5) is 11.8. The van der Waals surface area contributed by atoms with Crippen LogP contribution in [0.15, 0.2) is 41.3 Å². The zero-order valence-corrected chi connectivity index (χ0v) is 13.3. The Morgan fingerprint density at radius 2 is 2.23 bits per heavy atom. The summed E-state index contributed by atoms with van der Waals surface area (Å²) in [7, 11) is 0. The topological polar surface area (TPSA) is 66.9 Å². The van der Waals surface area contributed by atoms with E-state index in [2.05, 4.69) is 27.4 Å². The van der Waals surface area contributed by atoms with Crippen LogP contribution in [0.25, 0.3) is 0 Å². The van der Waals surface area contributed by atoms with Crippen molar-refractivity contribution in [3.05, 3.63) is 48.3 Å². The molecule has 116 valence electrons. The largest absolute Gasteiger partial charge is 0.357 e. The molecule has 0 aliphatic heterocycles. The molecule has 0 spiro atoms. The van der Waals surface area contributed by atoms with Crippen molar-refractivity contribution in [2.45, 2.75) is 10.9 Å². The third kappa shape index (κ3) is 5.12. The highest BCUT2D eigenvalue weighted by Gasteiger charge is 2.08. The number of nitrogens with zero attached hydrogens (tertiary/aromatic N) is 2. The van der Waals surface area contributed by atoms with Crippen LogP contribution in [0, 0.1) is 5.82 Å². The standard InChI is InChI=1S/C14H15FN4OS2/c1-2-7-16-13-18-19-14(22-13)21-9-12(20)17-8-10-5-3-4-6-11(10)15/h2-6H,1,7-9H2,(H,16,18)(H,17,20). The Hall–Kier alpha value is -1.93. The lowest BCUT2D eigenvalue weighted by atomic mass is 10.2. The number of carbonyl (C=O) groups excluding carboxylic acids is 1. The summed E-state index contributed by atoms with van der Waals surface area (Å²) in [5.74, 6) is -0.286. The molecule has 0 saturated carbocycles. The van der Waals surface area contributed by atoms with E-state index in [1.807, 2.05) is 0 Å². The number of benzene rings is 1. The normalized spacial score (nSPS) is 10.2. The Balaban J connectivity index is 1.74. The molecular formula is C14H15FN4OS2. The molecule has 1 heterocycles. The van der Waals surface area contributed by atoms with Gasteiger partial charge in [-0.05, 0) is 6.07 Å². The van der Waals surface area contributed by atoms with Crippen LogP contribution in [0.5, 0.6) is 0 Å². The van der Waals surface area contributed by atoms with Gasteiger partial charge in [0.25, 0.3) is 0 Å². The number of anilines is 1. The molecule has 0 radical (unpaired) electrons. The zero-order chi connectivity index (χ0) is 15.8. The number of halogens is 1. The molecule has 0 atom stereocenters. The van der Waals surface area contributed by atoms with Crippen LogP contribution < -0.4 is 10.6 Å². The van der Waals surface area contributed by atoms with Crippen molar-refractivity contribution in [1.82, 2.24) is 15.5 Å². The van der Waals surface area contributed by atoms with Crippen LogP contribution in [0.4, 0.5) is 9.52 Å². The number of thioether (sulfide) groups is 1. The molecule has 0 aliphatic carbocycles. The fraction of sp³-hybridized carbons (Fsp3) is 0.214. The van der Waals surface area contributed by atoms with E-state index in [-0.39, 0.29) is 24.0 Å². The average Bonchev–Trinajstić information content (AvgIpc) is 2.98. The van der Waals surface area contributed by atoms with Crippen molar-refractivity contribution in [3.63, 3.8) is 0 Å². The molecule has 1 amide bonds. The van der Waals surface area contributed by atoms with E-state index < -0.39 is 0 Å². The maximum atomic E-state index is 13.4. The summed E-state index contributed by atoms with van der Waals surface area (Å²) >= 11 is 2.67. The number of carbonyl (C=O) groups is 1. The van der Waals surface area contributed by atoms with Gasteiger partial charge >= 0.3 is 0 Å². The second kappa shape index (κ2) is 8.50. The second-order valence-electron chi connectivity index (χ2n) is 4.20. The van der Waals surface area contributed by atoms with Gasteiger partial charge in [0.15, 0.2) is 4.34 Å². The molecule has 1 aromatic carbocycles. The predicted molar refractivity (Wildman–Crippen MR) is 87.6 cm³/mol. The summed E-state index contributed by atoms with van der Waals surface area (Å²) < 4.78 is 14.1. The fourth-order valence-corrected chi connectivity index (χ4v) is 3.10. The number of rotatable bonds is 8. The lowest BCUT2D eigenvalue weighted by molar-refractivity contribution is -0.118. The van der Waals surface area contributed by atoms with E-state index in [9.17, 15) is 9.18 Å². The summed E-state index contributed by atoms with van der Waals surface area (Å²) in [5, 5.41) is 14.3. The fourth-order valence-electron chi connectivity index (χ4n) is 1.51. The van der Waals surface area contributed by atoms with Crippen LogP contribution in [0.3, 0.4) is 0 Å². The van der Waals surface area contributed by atoms with Gasteiger partial charge in [-0.25, -0.2) is 4.39 Å². The van der Waals surface area contributed by atoms with Crippen molar-refractivity contribution in [1.29, 1.82) is 0 Å². The van der Waals surface area contributed by atoms with Crippen molar-refractivity contribution >= 4 is 34.1 Å². The Morgan fingerprint density at radius 3 is 3.00 bits per heavy atom. The first kappa shape index (κ1) is 16.4. The van der Waals surface area contributed by atoms with Gasteiger partial charge in [0.1, 0.15) is 5.82 Å². The van der Waals surface area contributed by atoms with E-state index in [0.29, 0.717) is 21.6 Å². The highest BCUT2D eigenvalue weighted by molar-refractivity contribution is 8.01. The summed E-state index contributed by atoms with van der Waals surface area (Å²) in [6, 6.07) is 6.36. The van der Waals surface area contributed by atoms with E-state index in [1.165, 1.54) is 29.2 Å². The van der Waals surface area contributed by atoms with Gasteiger partial charge in [-0.1, -0.05) is 47.4 Å². The Bertz CT molecular complexity index is 647. The first-order valence-corrected chi connectivity index (χ1v) is 8.30. The van der Waals surface area contributed by atoms with Gasteiger partial charge in [0.2, 0.25) is 11.0 Å². The Labute approximate surface area is 136 Å². The van der Waals surface area contributed by atoms with Gasteiger partial charge in [0.05, 0.1) is 5.75 Å². The number of aromatic nitrogens is 2. The number of hydrogen-bond acceptors (Lipinski definition) is 6. The molecule has 5 nitrogen and oxygen atoms in total. The minimum Gasteiger partial charge on any atom is -0.357 e.